The normalized spacial score (nSPS) is 23.7. The highest BCUT2D eigenvalue weighted by Crippen LogP contribution is 2.08. The van der Waals surface area contributed by atoms with E-state index in [2.05, 4.69) is 0 Å². The van der Waals surface area contributed by atoms with E-state index in [1.165, 1.54) is 0 Å². The van der Waals surface area contributed by atoms with Crippen LogP contribution in [0.5, 0.6) is 0 Å². The third kappa shape index (κ3) is 4.61. The number of hydrogen-bond acceptors (Lipinski definition) is 2. The number of rotatable bonds is 0. The van der Waals surface area contributed by atoms with Crippen molar-refractivity contribution in [3.63, 3.8) is 0 Å². The zero-order valence-corrected chi connectivity index (χ0v) is 7.92. The molecule has 0 aromatic heterocycles. The molecule has 0 aromatic carbocycles. The number of hydrogen-bond donors (Lipinski definition) is 0. The summed E-state index contributed by atoms with van der Waals surface area (Å²) in [6.07, 6.45) is 8.92. The van der Waals surface area contributed by atoms with Gasteiger partial charge in [0, 0.05) is 25.7 Å². The van der Waals surface area contributed by atoms with Crippen LogP contribution in [-0.2, 0) is 9.59 Å². The molecular weight excluding hydrogens is 164 g/mol. The van der Waals surface area contributed by atoms with Gasteiger partial charge in [0.1, 0.15) is 11.6 Å². The van der Waals surface area contributed by atoms with Gasteiger partial charge in [-0.3, -0.25) is 9.59 Å². The average molecular weight is 180 g/mol. The Morgan fingerprint density at radius 1 is 0.769 bits per heavy atom. The molecule has 0 N–H and O–H groups in total. The minimum atomic E-state index is 0.297. The van der Waals surface area contributed by atoms with Gasteiger partial charge in [-0.05, 0) is 12.8 Å². The van der Waals surface area contributed by atoms with Gasteiger partial charge in [-0.25, -0.2) is 0 Å². The molecule has 0 saturated carbocycles. The minimum Gasteiger partial charge on any atom is -0.299 e. The molecule has 0 atom stereocenters. The predicted octanol–water partition coefficient (Wildman–Crippen LogP) is 2.43. The smallest absolute Gasteiger partial charge is 0.136 e. The summed E-state index contributed by atoms with van der Waals surface area (Å²) >= 11 is 0. The topological polar surface area (TPSA) is 34.1 Å². The predicted molar refractivity (Wildman–Crippen MR) is 51.5 cm³/mol. The number of carbonyl (C=O) groups is 2. The fourth-order valence-corrected chi connectivity index (χ4v) is 1.45. The van der Waals surface area contributed by atoms with E-state index >= 15 is 0 Å². The molecule has 0 radical (unpaired) electrons. The Balaban J connectivity index is 2.41. The monoisotopic (exact) mass is 180 g/mol. The summed E-state index contributed by atoms with van der Waals surface area (Å²) in [6.45, 7) is 0. The molecular formula is C11H16O2. The van der Waals surface area contributed by atoms with Crippen LogP contribution in [0.1, 0.15) is 44.9 Å². The van der Waals surface area contributed by atoms with Gasteiger partial charge in [-0.15, -0.1) is 0 Å². The Labute approximate surface area is 79.0 Å². The Hall–Kier alpha value is -0.920. The summed E-state index contributed by atoms with van der Waals surface area (Å²) in [5, 5.41) is 0. The molecule has 72 valence electrons. The van der Waals surface area contributed by atoms with Crippen molar-refractivity contribution in [1.82, 2.24) is 0 Å². The van der Waals surface area contributed by atoms with Crippen molar-refractivity contribution in [3.8, 4) is 0 Å². The second-order valence-electron chi connectivity index (χ2n) is 3.52. The maximum atomic E-state index is 11.2. The van der Waals surface area contributed by atoms with Crippen LogP contribution < -0.4 is 0 Å². The molecule has 0 amide bonds. The Morgan fingerprint density at radius 2 is 1.23 bits per heavy atom. The lowest BCUT2D eigenvalue weighted by Crippen LogP contribution is -1.95. The van der Waals surface area contributed by atoms with Gasteiger partial charge >= 0.3 is 0 Å². The van der Waals surface area contributed by atoms with Crippen molar-refractivity contribution < 1.29 is 9.59 Å². The third-order valence-corrected chi connectivity index (χ3v) is 2.27. The van der Waals surface area contributed by atoms with Crippen molar-refractivity contribution >= 4 is 11.6 Å². The highest BCUT2D eigenvalue weighted by Gasteiger charge is 2.03. The molecule has 0 aromatic rings. The molecule has 13 heavy (non-hydrogen) atoms. The first-order chi connectivity index (χ1) is 6.29. The van der Waals surface area contributed by atoms with E-state index in [0.717, 1.165) is 19.3 Å². The first kappa shape index (κ1) is 10.2. The molecule has 0 bridgehead atoms. The van der Waals surface area contributed by atoms with Crippen molar-refractivity contribution in [3.05, 3.63) is 12.2 Å². The summed E-state index contributed by atoms with van der Waals surface area (Å²) < 4.78 is 0. The van der Waals surface area contributed by atoms with Gasteiger partial charge in [0.2, 0.25) is 0 Å². The maximum Gasteiger partial charge on any atom is 0.136 e. The second kappa shape index (κ2) is 5.68. The average Bonchev–Trinajstić information content (AvgIpc) is 2.14. The molecule has 0 aliphatic heterocycles. The summed E-state index contributed by atoms with van der Waals surface area (Å²) in [7, 11) is 0. The lowest BCUT2D eigenvalue weighted by Gasteiger charge is -1.97. The molecule has 1 aliphatic carbocycles. The minimum absolute atomic E-state index is 0.297. The van der Waals surface area contributed by atoms with Crippen molar-refractivity contribution in [1.29, 1.82) is 0 Å². The standard InChI is InChI=1S/C11H16O2/c12-10-6-2-1-3-7-11(13)9-5-4-8-10/h4-5H,1-3,6-9H2/b5-4-. The van der Waals surface area contributed by atoms with Crippen LogP contribution in [0, 0.1) is 0 Å². The highest BCUT2D eigenvalue weighted by atomic mass is 16.1. The van der Waals surface area contributed by atoms with Gasteiger partial charge in [0.15, 0.2) is 0 Å². The van der Waals surface area contributed by atoms with Crippen molar-refractivity contribution in [2.75, 3.05) is 0 Å². The van der Waals surface area contributed by atoms with E-state index in [4.69, 9.17) is 0 Å². The molecule has 0 unspecified atom stereocenters. The van der Waals surface area contributed by atoms with E-state index < -0.39 is 0 Å². The number of ketones is 2. The van der Waals surface area contributed by atoms with Crippen LogP contribution in [0.3, 0.4) is 0 Å². The maximum absolute atomic E-state index is 11.2. The molecule has 2 nitrogen and oxygen atoms in total. The summed E-state index contributed by atoms with van der Waals surface area (Å²) in [5.41, 5.74) is 0. The molecule has 0 saturated heterocycles. The molecule has 1 rings (SSSR count). The summed E-state index contributed by atoms with van der Waals surface area (Å²) in [6, 6.07) is 0. The number of Topliss-reactive ketones (excluding diaryl/α,β-unsaturated/α-hetero) is 2. The van der Waals surface area contributed by atoms with Gasteiger partial charge < -0.3 is 0 Å². The Bertz CT molecular complexity index is 194. The van der Waals surface area contributed by atoms with Crippen LogP contribution in [-0.4, -0.2) is 11.6 Å². The number of carbonyl (C=O) groups excluding carboxylic acids is 2. The molecule has 1 aliphatic rings. The van der Waals surface area contributed by atoms with E-state index in [-0.39, 0.29) is 0 Å². The SMILES string of the molecule is O=C1C/C=C\CC(=O)CCCCC1. The zero-order chi connectivity index (χ0) is 9.52. The largest absolute Gasteiger partial charge is 0.299 e. The van der Waals surface area contributed by atoms with E-state index in [9.17, 15) is 9.59 Å². The first-order valence-electron chi connectivity index (χ1n) is 4.97. The van der Waals surface area contributed by atoms with Crippen LogP contribution in [0.2, 0.25) is 0 Å². The van der Waals surface area contributed by atoms with Crippen LogP contribution >= 0.6 is 0 Å². The zero-order valence-electron chi connectivity index (χ0n) is 7.92. The first-order valence-corrected chi connectivity index (χ1v) is 4.97. The van der Waals surface area contributed by atoms with Gasteiger partial charge in [0.05, 0.1) is 0 Å². The van der Waals surface area contributed by atoms with E-state index in [1.54, 1.807) is 0 Å². The molecule has 0 heterocycles. The van der Waals surface area contributed by atoms with Crippen LogP contribution in [0.4, 0.5) is 0 Å². The molecule has 0 spiro atoms. The van der Waals surface area contributed by atoms with Crippen LogP contribution in [0.15, 0.2) is 12.2 Å². The third-order valence-electron chi connectivity index (χ3n) is 2.27. The fourth-order valence-electron chi connectivity index (χ4n) is 1.45. The lowest BCUT2D eigenvalue weighted by molar-refractivity contribution is -0.119. The van der Waals surface area contributed by atoms with Crippen molar-refractivity contribution in [2.24, 2.45) is 0 Å². The van der Waals surface area contributed by atoms with Crippen LogP contribution in [0.25, 0.3) is 0 Å². The summed E-state index contributed by atoms with van der Waals surface area (Å²) in [5.74, 6) is 0.594. The van der Waals surface area contributed by atoms with Crippen molar-refractivity contribution in [2.45, 2.75) is 44.9 Å². The highest BCUT2D eigenvalue weighted by molar-refractivity contribution is 5.81. The van der Waals surface area contributed by atoms with E-state index in [1.807, 2.05) is 12.2 Å². The Morgan fingerprint density at radius 3 is 1.69 bits per heavy atom. The Kier molecular flexibility index (Phi) is 4.44. The molecule has 0 fully saturated rings. The van der Waals surface area contributed by atoms with Gasteiger partial charge in [0.25, 0.3) is 0 Å². The quantitative estimate of drug-likeness (QED) is 0.536. The molecule has 2 heteroatoms. The second-order valence-corrected chi connectivity index (χ2v) is 3.52. The van der Waals surface area contributed by atoms with Gasteiger partial charge in [-0.1, -0.05) is 18.6 Å². The van der Waals surface area contributed by atoms with E-state index in [0.29, 0.717) is 37.2 Å². The summed E-state index contributed by atoms with van der Waals surface area (Å²) in [4.78, 5) is 22.3. The number of allylic oxidation sites excluding steroid dienone is 2. The fraction of sp³-hybridized carbons (Fsp3) is 0.636. The lowest BCUT2D eigenvalue weighted by atomic mass is 10.1. The van der Waals surface area contributed by atoms with Gasteiger partial charge in [-0.2, -0.15) is 0 Å².